The predicted molar refractivity (Wildman–Crippen MR) is 111 cm³/mol. The third-order valence-corrected chi connectivity index (χ3v) is 5.94. The molecular formula is C23H29N3O. The van der Waals surface area contributed by atoms with Gasteiger partial charge in [-0.15, -0.1) is 0 Å². The molecule has 27 heavy (non-hydrogen) atoms. The topological polar surface area (TPSA) is 49.9 Å². The molecule has 1 aliphatic rings. The van der Waals surface area contributed by atoms with Crippen molar-refractivity contribution in [1.82, 2.24) is 15.3 Å². The van der Waals surface area contributed by atoms with Crippen LogP contribution in [-0.4, -0.2) is 23.1 Å². The second kappa shape index (κ2) is 7.35. The van der Waals surface area contributed by atoms with Gasteiger partial charge in [0, 0.05) is 24.2 Å². The molecular weight excluding hydrogens is 334 g/mol. The van der Waals surface area contributed by atoms with Crippen molar-refractivity contribution >= 4 is 11.0 Å². The summed E-state index contributed by atoms with van der Waals surface area (Å²) in [5, 5.41) is 3.74. The van der Waals surface area contributed by atoms with E-state index in [-0.39, 0.29) is 0 Å². The van der Waals surface area contributed by atoms with Crippen LogP contribution in [0, 0.1) is 5.41 Å². The van der Waals surface area contributed by atoms with Gasteiger partial charge in [-0.2, -0.15) is 0 Å². The van der Waals surface area contributed by atoms with Crippen LogP contribution in [0.5, 0.6) is 5.75 Å². The second-order valence-corrected chi connectivity index (χ2v) is 8.49. The van der Waals surface area contributed by atoms with Gasteiger partial charge in [-0.3, -0.25) is 0 Å². The first-order chi connectivity index (χ1) is 13.0. The average molecular weight is 364 g/mol. The summed E-state index contributed by atoms with van der Waals surface area (Å²) in [6, 6.07) is 13.5. The summed E-state index contributed by atoms with van der Waals surface area (Å²) in [6.45, 7) is 5.70. The molecule has 0 atom stereocenters. The quantitative estimate of drug-likeness (QED) is 0.647. The molecule has 1 aliphatic carbocycles. The smallest absolute Gasteiger partial charge is 0.128 e. The lowest BCUT2D eigenvalue weighted by atomic mass is 9.75. The summed E-state index contributed by atoms with van der Waals surface area (Å²) in [5.74, 6) is 0.852. The second-order valence-electron chi connectivity index (χ2n) is 8.49. The summed E-state index contributed by atoms with van der Waals surface area (Å²) in [6.07, 6.45) is 6.92. The molecule has 2 aromatic carbocycles. The molecule has 3 aromatic rings. The van der Waals surface area contributed by atoms with E-state index in [1.54, 1.807) is 13.4 Å². The third kappa shape index (κ3) is 4.01. The predicted octanol–water partition coefficient (Wildman–Crippen LogP) is 5.30. The van der Waals surface area contributed by atoms with Crippen molar-refractivity contribution in [1.29, 1.82) is 0 Å². The van der Waals surface area contributed by atoms with E-state index >= 15 is 0 Å². The molecule has 1 fully saturated rings. The molecule has 1 saturated carbocycles. The van der Waals surface area contributed by atoms with Crippen molar-refractivity contribution in [3.8, 4) is 16.9 Å². The van der Waals surface area contributed by atoms with Crippen LogP contribution in [0.15, 0.2) is 42.7 Å². The minimum atomic E-state index is 0.522. The Bertz CT molecular complexity index is 901. The van der Waals surface area contributed by atoms with E-state index < -0.39 is 0 Å². The van der Waals surface area contributed by atoms with Gasteiger partial charge in [0.05, 0.1) is 24.5 Å². The van der Waals surface area contributed by atoms with Gasteiger partial charge < -0.3 is 15.0 Å². The number of hydrogen-bond donors (Lipinski definition) is 2. The van der Waals surface area contributed by atoms with Crippen LogP contribution in [0.2, 0.25) is 0 Å². The standard InChI is InChI=1S/C23H29N3O/c1-23(2)10-8-18(9-11-23)24-14-16-4-6-17(7-5-16)19-12-20-21(26-15-25-20)13-22(19)27-3/h4-7,12-13,15,18,24H,8-11,14H2,1-3H3,(H,25,26). The van der Waals surface area contributed by atoms with E-state index in [4.69, 9.17) is 4.74 Å². The fraction of sp³-hybridized carbons (Fsp3) is 0.435. The zero-order valence-electron chi connectivity index (χ0n) is 16.5. The van der Waals surface area contributed by atoms with Gasteiger partial charge in [0.2, 0.25) is 0 Å². The van der Waals surface area contributed by atoms with Crippen LogP contribution in [0.3, 0.4) is 0 Å². The first-order valence-corrected chi connectivity index (χ1v) is 9.88. The number of hydrogen-bond acceptors (Lipinski definition) is 3. The molecule has 4 heteroatoms. The maximum atomic E-state index is 5.58. The number of nitrogens with zero attached hydrogens (tertiary/aromatic N) is 1. The highest BCUT2D eigenvalue weighted by Crippen LogP contribution is 2.35. The summed E-state index contributed by atoms with van der Waals surface area (Å²) in [5.41, 5.74) is 6.04. The third-order valence-electron chi connectivity index (χ3n) is 5.94. The van der Waals surface area contributed by atoms with Gasteiger partial charge >= 0.3 is 0 Å². The zero-order valence-corrected chi connectivity index (χ0v) is 16.5. The number of aromatic amines is 1. The van der Waals surface area contributed by atoms with E-state index in [0.717, 1.165) is 34.5 Å². The summed E-state index contributed by atoms with van der Waals surface area (Å²) in [7, 11) is 1.71. The monoisotopic (exact) mass is 363 g/mol. The highest BCUT2D eigenvalue weighted by atomic mass is 16.5. The molecule has 0 amide bonds. The number of benzene rings is 2. The van der Waals surface area contributed by atoms with Crippen LogP contribution in [0.1, 0.15) is 45.1 Å². The average Bonchev–Trinajstić information content (AvgIpc) is 3.14. The summed E-state index contributed by atoms with van der Waals surface area (Å²) < 4.78 is 5.58. The number of nitrogens with one attached hydrogen (secondary N) is 2. The van der Waals surface area contributed by atoms with Crippen LogP contribution in [0.4, 0.5) is 0 Å². The Kier molecular flexibility index (Phi) is 4.92. The summed E-state index contributed by atoms with van der Waals surface area (Å²) in [4.78, 5) is 7.49. The fourth-order valence-corrected chi connectivity index (χ4v) is 4.03. The fourth-order valence-electron chi connectivity index (χ4n) is 4.03. The van der Waals surface area contributed by atoms with E-state index in [9.17, 15) is 0 Å². The molecule has 0 spiro atoms. The molecule has 0 saturated heterocycles. The van der Waals surface area contributed by atoms with Crippen molar-refractivity contribution in [2.24, 2.45) is 5.41 Å². The van der Waals surface area contributed by atoms with Gasteiger partial charge in [0.25, 0.3) is 0 Å². The lowest BCUT2D eigenvalue weighted by molar-refractivity contribution is 0.206. The molecule has 0 radical (unpaired) electrons. The van der Waals surface area contributed by atoms with Crippen LogP contribution in [-0.2, 0) is 6.54 Å². The van der Waals surface area contributed by atoms with Crippen molar-refractivity contribution < 1.29 is 4.74 Å². The lowest BCUT2D eigenvalue weighted by Crippen LogP contribution is -2.35. The number of H-pyrrole nitrogens is 1. The van der Waals surface area contributed by atoms with E-state index in [2.05, 4.69) is 59.5 Å². The van der Waals surface area contributed by atoms with Gasteiger partial charge in [0.1, 0.15) is 5.75 Å². The number of ether oxygens (including phenoxy) is 1. The van der Waals surface area contributed by atoms with Crippen LogP contribution < -0.4 is 10.1 Å². The van der Waals surface area contributed by atoms with E-state index in [0.29, 0.717) is 11.5 Å². The Morgan fingerprint density at radius 3 is 2.59 bits per heavy atom. The maximum absolute atomic E-state index is 5.58. The molecule has 0 aliphatic heterocycles. The van der Waals surface area contributed by atoms with Crippen LogP contribution in [0.25, 0.3) is 22.2 Å². The Labute approximate surface area is 161 Å². The molecule has 1 aromatic heterocycles. The number of aromatic nitrogens is 2. The number of imidazole rings is 1. The Morgan fingerprint density at radius 1 is 1.15 bits per heavy atom. The van der Waals surface area contributed by atoms with Gasteiger partial charge in [-0.25, -0.2) is 4.98 Å². The number of fused-ring (bicyclic) bond motifs is 1. The highest BCUT2D eigenvalue weighted by Gasteiger charge is 2.26. The van der Waals surface area contributed by atoms with Crippen molar-refractivity contribution in [3.63, 3.8) is 0 Å². The van der Waals surface area contributed by atoms with Gasteiger partial charge in [-0.1, -0.05) is 38.1 Å². The molecule has 2 N–H and O–H groups in total. The Morgan fingerprint density at radius 2 is 1.89 bits per heavy atom. The van der Waals surface area contributed by atoms with Crippen molar-refractivity contribution in [2.75, 3.05) is 7.11 Å². The number of methoxy groups -OCH3 is 1. The van der Waals surface area contributed by atoms with E-state index in [1.807, 2.05) is 6.07 Å². The van der Waals surface area contributed by atoms with Crippen molar-refractivity contribution in [3.05, 3.63) is 48.3 Å². The first kappa shape index (κ1) is 18.1. The lowest BCUT2D eigenvalue weighted by Gasteiger charge is -2.34. The Balaban J connectivity index is 1.45. The molecule has 4 rings (SSSR count). The van der Waals surface area contributed by atoms with Crippen LogP contribution >= 0.6 is 0 Å². The normalized spacial score (nSPS) is 17.3. The molecule has 1 heterocycles. The Hall–Kier alpha value is -2.33. The molecule has 0 unspecified atom stereocenters. The molecule has 0 bridgehead atoms. The van der Waals surface area contributed by atoms with Gasteiger partial charge in [-0.05, 0) is 48.3 Å². The largest absolute Gasteiger partial charge is 0.496 e. The SMILES string of the molecule is COc1cc2nc[nH]c2cc1-c1ccc(CNC2CCC(C)(C)CC2)cc1. The summed E-state index contributed by atoms with van der Waals surface area (Å²) >= 11 is 0. The van der Waals surface area contributed by atoms with E-state index in [1.165, 1.54) is 31.2 Å². The number of rotatable bonds is 5. The molecule has 4 nitrogen and oxygen atoms in total. The highest BCUT2D eigenvalue weighted by molar-refractivity contribution is 5.86. The minimum Gasteiger partial charge on any atom is -0.496 e. The minimum absolute atomic E-state index is 0.522. The van der Waals surface area contributed by atoms with Gasteiger partial charge in [0.15, 0.2) is 0 Å². The first-order valence-electron chi connectivity index (χ1n) is 9.88. The molecule has 142 valence electrons. The zero-order chi connectivity index (χ0) is 18.9. The maximum Gasteiger partial charge on any atom is 0.128 e. The van der Waals surface area contributed by atoms with Crippen molar-refractivity contribution in [2.45, 2.75) is 52.1 Å².